The molecule has 3 aliphatic heterocycles. The number of fused-ring (bicyclic) bond motifs is 2. The Balaban J connectivity index is 1.42. The average molecular weight is 757 g/mol. The van der Waals surface area contributed by atoms with Crippen LogP contribution in [-0.4, -0.2) is 87.8 Å². The number of carbonyl (C=O) groups excluding carboxylic acids is 4. The number of esters is 1. The molecule has 4 N–H and O–H groups in total. The van der Waals surface area contributed by atoms with E-state index in [0.29, 0.717) is 54.1 Å². The highest BCUT2D eigenvalue weighted by Gasteiger charge is 2.66. The van der Waals surface area contributed by atoms with Crippen molar-refractivity contribution in [2.24, 2.45) is 5.92 Å². The number of amides is 3. The van der Waals surface area contributed by atoms with Gasteiger partial charge < -0.3 is 40.2 Å². The number of carbonyl (C=O) groups is 4. The Morgan fingerprint density at radius 2 is 1.76 bits per heavy atom. The number of methoxy groups -OCH3 is 2. The number of nitrogens with two attached hydrogens (primary N) is 1. The van der Waals surface area contributed by atoms with Gasteiger partial charge >= 0.3 is 5.97 Å². The summed E-state index contributed by atoms with van der Waals surface area (Å²) in [4.78, 5) is 58.0. The summed E-state index contributed by atoms with van der Waals surface area (Å²) >= 11 is 0. The molecule has 12 nitrogen and oxygen atoms in total. The van der Waals surface area contributed by atoms with Crippen LogP contribution < -0.4 is 25.9 Å². The van der Waals surface area contributed by atoms with Crippen molar-refractivity contribution in [3.8, 4) is 5.75 Å². The number of benzene rings is 3. The molecule has 2 saturated heterocycles. The summed E-state index contributed by atoms with van der Waals surface area (Å²) in [6, 6.07) is 19.9. The van der Waals surface area contributed by atoms with E-state index in [4.69, 9.17) is 19.9 Å². The van der Waals surface area contributed by atoms with Crippen molar-refractivity contribution in [2.45, 2.75) is 81.8 Å². The number of aliphatic hydroxyl groups is 1. The molecule has 6 rings (SSSR count). The topological polar surface area (TPSA) is 161 Å². The molecule has 0 radical (unpaired) electrons. The summed E-state index contributed by atoms with van der Waals surface area (Å²) in [7, 11) is 0.442. The lowest BCUT2D eigenvalue weighted by molar-refractivity contribution is -0.150. The first-order valence-electron chi connectivity index (χ1n) is 18.8. The quantitative estimate of drug-likeness (QED) is 0.0963. The minimum atomic E-state index is -2.55. The Kier molecular flexibility index (Phi) is 11.5. The number of nitrogens with one attached hydrogen (secondary N) is 1. The van der Waals surface area contributed by atoms with E-state index in [1.807, 2.05) is 24.3 Å². The molecule has 5 atom stereocenters. The maximum Gasteiger partial charge on any atom is 0.305 e. The van der Waals surface area contributed by atoms with Gasteiger partial charge in [-0.25, -0.2) is 0 Å². The van der Waals surface area contributed by atoms with E-state index in [1.165, 1.54) is 7.11 Å². The third-order valence-corrected chi connectivity index (χ3v) is 16.2. The van der Waals surface area contributed by atoms with E-state index in [2.05, 4.69) is 37.5 Å². The maximum atomic E-state index is 15.1. The maximum absolute atomic E-state index is 15.1. The molecule has 0 unspecified atom stereocenters. The molecule has 0 saturated carbocycles. The largest absolute Gasteiger partial charge is 0.497 e. The first kappa shape index (κ1) is 39.0. The minimum Gasteiger partial charge on any atom is -0.497 e. The van der Waals surface area contributed by atoms with E-state index >= 15 is 4.79 Å². The Morgan fingerprint density at radius 3 is 2.43 bits per heavy atom. The molecule has 1 spiro atoms. The number of nitrogens with zero attached hydrogens (tertiary/aromatic N) is 2. The molecular formula is C41H52N4O8Si. The fourth-order valence-corrected chi connectivity index (χ4v) is 12.9. The van der Waals surface area contributed by atoms with Crippen molar-refractivity contribution >= 4 is 54.0 Å². The van der Waals surface area contributed by atoms with E-state index in [1.54, 1.807) is 47.2 Å². The zero-order chi connectivity index (χ0) is 38.8. The molecule has 3 aliphatic rings. The Morgan fingerprint density at radius 1 is 1.04 bits per heavy atom. The first-order chi connectivity index (χ1) is 25.8. The molecule has 54 heavy (non-hydrogen) atoms. The molecular weight excluding hydrogens is 705 g/mol. The highest BCUT2D eigenvalue weighted by atomic mass is 28.3. The molecule has 0 aromatic heterocycles. The SMILES string of the molecule is COC(=O)CCCCN1C(=O)[C@]2(O[C@H](CC(=O)N3CCC[C@H]3CO)[C@@H]([Si](C)(C)c3ccc(OC)cc3)[C@@H]2C)c2cc(NC(=O)c3ccc(N)cc3)ccc21. The molecule has 3 aromatic rings. The third-order valence-electron chi connectivity index (χ3n) is 11.8. The van der Waals surface area contributed by atoms with Crippen molar-refractivity contribution in [3.05, 3.63) is 77.9 Å². The van der Waals surface area contributed by atoms with Crippen molar-refractivity contribution in [2.75, 3.05) is 49.9 Å². The van der Waals surface area contributed by atoms with Gasteiger partial charge in [-0.2, -0.15) is 0 Å². The fraction of sp³-hybridized carbons (Fsp3) is 0.463. The Bertz CT molecular complexity index is 1870. The second kappa shape index (κ2) is 15.9. The summed E-state index contributed by atoms with van der Waals surface area (Å²) < 4.78 is 17.5. The van der Waals surface area contributed by atoms with Gasteiger partial charge in [0, 0.05) is 47.9 Å². The van der Waals surface area contributed by atoms with Gasteiger partial charge in [0.1, 0.15) is 5.75 Å². The van der Waals surface area contributed by atoms with Gasteiger partial charge in [-0.15, -0.1) is 0 Å². The van der Waals surface area contributed by atoms with Crippen molar-refractivity contribution in [1.29, 1.82) is 0 Å². The number of anilines is 3. The average Bonchev–Trinajstić information content (AvgIpc) is 3.83. The highest BCUT2D eigenvalue weighted by Crippen LogP contribution is 2.60. The Hall–Kier alpha value is -4.72. The number of rotatable bonds is 13. The van der Waals surface area contributed by atoms with Gasteiger partial charge in [-0.3, -0.25) is 19.2 Å². The highest BCUT2D eigenvalue weighted by molar-refractivity contribution is 6.91. The lowest BCUT2D eigenvalue weighted by atomic mass is 9.82. The minimum absolute atomic E-state index is 0.0646. The fourth-order valence-electron chi connectivity index (χ4n) is 8.94. The normalized spacial score (nSPS) is 23.5. The lowest BCUT2D eigenvalue weighted by Crippen LogP contribution is -2.52. The zero-order valence-electron chi connectivity index (χ0n) is 31.8. The number of nitrogen functional groups attached to an aromatic ring is 1. The Labute approximate surface area is 317 Å². The molecule has 0 aliphatic carbocycles. The molecule has 0 bridgehead atoms. The molecule has 3 amide bonds. The molecule has 13 heteroatoms. The summed E-state index contributed by atoms with van der Waals surface area (Å²) in [5, 5.41) is 14.2. The van der Waals surface area contributed by atoms with Crippen molar-refractivity contribution < 1.29 is 38.5 Å². The number of hydrogen-bond donors (Lipinski definition) is 3. The lowest BCUT2D eigenvalue weighted by Gasteiger charge is -2.37. The smallest absolute Gasteiger partial charge is 0.305 e. The number of likely N-dealkylation sites (tertiary alicyclic amines) is 1. The summed E-state index contributed by atoms with van der Waals surface area (Å²) in [5.41, 5.74) is 7.00. The number of unbranched alkanes of at least 4 members (excludes halogenated alkanes) is 1. The van der Waals surface area contributed by atoms with Crippen molar-refractivity contribution in [3.63, 3.8) is 0 Å². The van der Waals surface area contributed by atoms with Crippen LogP contribution in [0.5, 0.6) is 5.75 Å². The number of ether oxygens (including phenoxy) is 3. The van der Waals surface area contributed by atoms with Crippen LogP contribution in [0, 0.1) is 5.92 Å². The summed E-state index contributed by atoms with van der Waals surface area (Å²) in [6.07, 6.45) is 2.33. The van der Waals surface area contributed by atoms with Gasteiger partial charge in [0.25, 0.3) is 11.8 Å². The zero-order valence-corrected chi connectivity index (χ0v) is 32.8. The van der Waals surface area contributed by atoms with Crippen LogP contribution in [0.1, 0.15) is 61.4 Å². The van der Waals surface area contributed by atoms with Crippen LogP contribution in [0.15, 0.2) is 66.7 Å². The van der Waals surface area contributed by atoms with Gasteiger partial charge in [-0.1, -0.05) is 37.3 Å². The van der Waals surface area contributed by atoms with Crippen LogP contribution in [0.2, 0.25) is 18.6 Å². The van der Waals surface area contributed by atoms with E-state index in [0.717, 1.165) is 23.8 Å². The second-order valence-corrected chi connectivity index (χ2v) is 19.9. The van der Waals surface area contributed by atoms with Gasteiger partial charge in [-0.05, 0) is 85.8 Å². The van der Waals surface area contributed by atoms with Crippen LogP contribution in [0.25, 0.3) is 0 Å². The van der Waals surface area contributed by atoms with Crippen LogP contribution >= 0.6 is 0 Å². The number of aliphatic hydroxyl groups excluding tert-OH is 1. The predicted molar refractivity (Wildman–Crippen MR) is 209 cm³/mol. The van der Waals surface area contributed by atoms with Crippen LogP contribution in [0.4, 0.5) is 17.1 Å². The van der Waals surface area contributed by atoms with Gasteiger partial charge in [0.2, 0.25) is 5.91 Å². The molecule has 3 aromatic carbocycles. The standard InChI is InChI=1S/C41H52N4O8Si/c1-26-38(54(4,5)32-18-16-31(51-2)17-19-32)35(24-36(47)44-22-8-9-30(44)25-46)53-41(26)33-23-29(43-39(49)27-11-13-28(42)14-12-27)15-20-34(33)45(40(41)50)21-7-6-10-37(48)52-3/h11-20,23,26,30,35,38,46H,6-10,21-22,24-25,42H2,1-5H3,(H,43,49)/t26-,30-,35+,38-,41+/m0/s1. The molecule has 288 valence electrons. The van der Waals surface area contributed by atoms with E-state index < -0.39 is 19.8 Å². The van der Waals surface area contributed by atoms with Crippen molar-refractivity contribution in [1.82, 2.24) is 4.90 Å². The van der Waals surface area contributed by atoms with Crippen LogP contribution in [-0.2, 0) is 29.5 Å². The summed E-state index contributed by atoms with van der Waals surface area (Å²) in [5.74, 6) is -0.592. The van der Waals surface area contributed by atoms with E-state index in [9.17, 15) is 19.5 Å². The predicted octanol–water partition coefficient (Wildman–Crippen LogP) is 4.81. The monoisotopic (exact) mass is 756 g/mol. The van der Waals surface area contributed by atoms with Gasteiger partial charge in [0.05, 0.1) is 53.2 Å². The summed E-state index contributed by atoms with van der Waals surface area (Å²) in [6.45, 7) is 7.39. The third kappa shape index (κ3) is 7.24. The number of hydrogen-bond acceptors (Lipinski definition) is 9. The molecule has 3 heterocycles. The first-order valence-corrected chi connectivity index (χ1v) is 21.9. The van der Waals surface area contributed by atoms with E-state index in [-0.39, 0.29) is 60.6 Å². The second-order valence-electron chi connectivity index (χ2n) is 15.2. The van der Waals surface area contributed by atoms with Crippen LogP contribution in [0.3, 0.4) is 0 Å². The molecule has 2 fully saturated rings. The van der Waals surface area contributed by atoms with Gasteiger partial charge in [0.15, 0.2) is 5.60 Å².